The average molecular weight is 346 g/mol. The number of aromatic nitrogens is 3. The van der Waals surface area contributed by atoms with Gasteiger partial charge < -0.3 is 4.74 Å². The van der Waals surface area contributed by atoms with E-state index in [1.807, 2.05) is 12.1 Å². The number of hydrogen-bond donors (Lipinski definition) is 1. The van der Waals surface area contributed by atoms with Crippen molar-refractivity contribution >= 4 is 23.4 Å². The van der Waals surface area contributed by atoms with E-state index in [1.54, 1.807) is 23.9 Å². The Bertz CT molecular complexity index is 774. The third-order valence-electron chi connectivity index (χ3n) is 3.15. The molecule has 23 heavy (non-hydrogen) atoms. The highest BCUT2D eigenvalue weighted by molar-refractivity contribution is 7.98. The highest BCUT2D eigenvalue weighted by Gasteiger charge is 2.05. The maximum Gasteiger partial charge on any atom is 0.208 e. The molecule has 0 aliphatic carbocycles. The van der Waals surface area contributed by atoms with Crippen LogP contribution in [0.4, 0.5) is 0 Å². The van der Waals surface area contributed by atoms with E-state index in [0.29, 0.717) is 17.5 Å². The SMILES string of the molecule is Cc1cccc(CSc2n[nH]c(COc3ccc(Cl)cc3)n2)c1. The summed E-state index contributed by atoms with van der Waals surface area (Å²) >= 11 is 7.44. The first-order valence-electron chi connectivity index (χ1n) is 7.17. The van der Waals surface area contributed by atoms with Crippen molar-refractivity contribution in [1.82, 2.24) is 15.2 Å². The van der Waals surface area contributed by atoms with Gasteiger partial charge in [-0.2, -0.15) is 0 Å². The van der Waals surface area contributed by atoms with Crippen LogP contribution < -0.4 is 4.74 Å². The lowest BCUT2D eigenvalue weighted by atomic mass is 10.2. The lowest BCUT2D eigenvalue weighted by Gasteiger charge is -2.03. The van der Waals surface area contributed by atoms with Crippen molar-refractivity contribution in [2.24, 2.45) is 0 Å². The van der Waals surface area contributed by atoms with Gasteiger partial charge in [0.2, 0.25) is 5.16 Å². The average Bonchev–Trinajstić information content (AvgIpc) is 3.00. The molecule has 118 valence electrons. The number of ether oxygens (including phenoxy) is 1. The van der Waals surface area contributed by atoms with Crippen LogP contribution in [0.3, 0.4) is 0 Å². The predicted molar refractivity (Wildman–Crippen MR) is 92.9 cm³/mol. The van der Waals surface area contributed by atoms with Crippen LogP contribution in [0.2, 0.25) is 5.02 Å². The molecule has 6 heteroatoms. The van der Waals surface area contributed by atoms with Crippen LogP contribution >= 0.6 is 23.4 Å². The van der Waals surface area contributed by atoms with Crippen molar-refractivity contribution in [3.8, 4) is 5.75 Å². The number of nitrogens with zero attached hydrogens (tertiary/aromatic N) is 2. The fourth-order valence-electron chi connectivity index (χ4n) is 2.04. The van der Waals surface area contributed by atoms with Gasteiger partial charge >= 0.3 is 0 Å². The number of rotatable bonds is 6. The summed E-state index contributed by atoms with van der Waals surface area (Å²) in [5.74, 6) is 2.29. The molecule has 0 bridgehead atoms. The first-order chi connectivity index (χ1) is 11.2. The van der Waals surface area contributed by atoms with Crippen LogP contribution in [0.1, 0.15) is 17.0 Å². The van der Waals surface area contributed by atoms with Crippen LogP contribution in [0.15, 0.2) is 53.7 Å². The molecule has 0 atom stereocenters. The van der Waals surface area contributed by atoms with Gasteiger partial charge in [-0.15, -0.1) is 5.10 Å². The Kier molecular flexibility index (Phi) is 5.20. The zero-order valence-corrected chi connectivity index (χ0v) is 14.2. The van der Waals surface area contributed by atoms with Crippen molar-refractivity contribution in [2.75, 3.05) is 0 Å². The molecule has 1 aromatic heterocycles. The third-order valence-corrected chi connectivity index (χ3v) is 4.32. The van der Waals surface area contributed by atoms with E-state index in [-0.39, 0.29) is 0 Å². The van der Waals surface area contributed by atoms with Crippen molar-refractivity contribution in [1.29, 1.82) is 0 Å². The minimum absolute atomic E-state index is 0.347. The van der Waals surface area contributed by atoms with Crippen LogP contribution in [0, 0.1) is 6.92 Å². The fourth-order valence-corrected chi connectivity index (χ4v) is 2.93. The Hall–Kier alpha value is -1.98. The monoisotopic (exact) mass is 345 g/mol. The van der Waals surface area contributed by atoms with Gasteiger partial charge in [-0.3, -0.25) is 5.10 Å². The lowest BCUT2D eigenvalue weighted by molar-refractivity contribution is 0.296. The predicted octanol–water partition coefficient (Wildman–Crippen LogP) is 4.64. The molecule has 4 nitrogen and oxygen atoms in total. The highest BCUT2D eigenvalue weighted by Crippen LogP contribution is 2.20. The molecule has 0 aliphatic rings. The number of halogens is 1. The maximum atomic E-state index is 5.84. The molecule has 0 amide bonds. The fraction of sp³-hybridized carbons (Fsp3) is 0.176. The van der Waals surface area contributed by atoms with Crippen molar-refractivity contribution in [3.05, 3.63) is 70.5 Å². The van der Waals surface area contributed by atoms with E-state index < -0.39 is 0 Å². The van der Waals surface area contributed by atoms with Gasteiger partial charge in [0.05, 0.1) is 0 Å². The van der Waals surface area contributed by atoms with Gasteiger partial charge in [0, 0.05) is 10.8 Å². The Labute approximate surface area is 144 Å². The zero-order valence-electron chi connectivity index (χ0n) is 12.6. The largest absolute Gasteiger partial charge is 0.486 e. The van der Waals surface area contributed by atoms with Gasteiger partial charge in [-0.25, -0.2) is 4.98 Å². The molecule has 0 saturated heterocycles. The smallest absolute Gasteiger partial charge is 0.208 e. The molecule has 3 aromatic rings. The van der Waals surface area contributed by atoms with Crippen molar-refractivity contribution in [3.63, 3.8) is 0 Å². The second kappa shape index (κ2) is 7.53. The molecule has 3 rings (SSSR count). The van der Waals surface area contributed by atoms with Crippen LogP contribution in [0.5, 0.6) is 5.75 Å². The molecule has 0 aliphatic heterocycles. The Morgan fingerprint density at radius 2 is 2.00 bits per heavy atom. The molecule has 0 radical (unpaired) electrons. The zero-order chi connectivity index (χ0) is 16.1. The van der Waals surface area contributed by atoms with Crippen LogP contribution in [-0.4, -0.2) is 15.2 Å². The van der Waals surface area contributed by atoms with Gasteiger partial charge in [0.25, 0.3) is 0 Å². The van der Waals surface area contributed by atoms with Gasteiger partial charge in [-0.05, 0) is 36.8 Å². The summed E-state index contributed by atoms with van der Waals surface area (Å²) in [6, 6.07) is 15.7. The summed E-state index contributed by atoms with van der Waals surface area (Å²) < 4.78 is 5.64. The Morgan fingerprint density at radius 1 is 1.17 bits per heavy atom. The van der Waals surface area contributed by atoms with E-state index in [4.69, 9.17) is 16.3 Å². The van der Waals surface area contributed by atoms with Crippen LogP contribution in [-0.2, 0) is 12.4 Å². The van der Waals surface area contributed by atoms with Gasteiger partial charge in [0.15, 0.2) is 5.82 Å². The van der Waals surface area contributed by atoms with E-state index in [9.17, 15) is 0 Å². The van der Waals surface area contributed by atoms with Crippen molar-refractivity contribution < 1.29 is 4.74 Å². The lowest BCUT2D eigenvalue weighted by Crippen LogP contribution is -1.97. The number of benzene rings is 2. The number of aromatic amines is 1. The molecule has 2 aromatic carbocycles. The maximum absolute atomic E-state index is 5.84. The van der Waals surface area contributed by atoms with Gasteiger partial charge in [-0.1, -0.05) is 53.2 Å². The summed E-state index contributed by atoms with van der Waals surface area (Å²) in [5.41, 5.74) is 2.52. The Morgan fingerprint density at radius 3 is 2.78 bits per heavy atom. The normalized spacial score (nSPS) is 10.7. The molecule has 0 spiro atoms. The van der Waals surface area contributed by atoms with Crippen molar-refractivity contribution in [2.45, 2.75) is 24.4 Å². The summed E-state index contributed by atoms with van der Waals surface area (Å²) in [6.45, 7) is 2.44. The number of nitrogens with one attached hydrogen (secondary N) is 1. The summed E-state index contributed by atoms with van der Waals surface area (Å²) in [4.78, 5) is 4.43. The minimum Gasteiger partial charge on any atom is -0.486 e. The second-order valence-electron chi connectivity index (χ2n) is 5.09. The third kappa shape index (κ3) is 4.74. The topological polar surface area (TPSA) is 50.8 Å². The molecule has 0 fully saturated rings. The van der Waals surface area contributed by atoms with E-state index in [2.05, 4.69) is 46.4 Å². The standard InChI is InChI=1S/C17H16ClN3OS/c1-12-3-2-4-13(9-12)11-23-17-19-16(20-21-17)10-22-15-7-5-14(18)6-8-15/h2-9H,10-11H2,1H3,(H,19,20,21). The highest BCUT2D eigenvalue weighted by atomic mass is 35.5. The first kappa shape index (κ1) is 15.9. The van der Waals surface area contributed by atoms with Crippen LogP contribution in [0.25, 0.3) is 0 Å². The quantitative estimate of drug-likeness (QED) is 0.661. The Balaban J connectivity index is 1.52. The number of aryl methyl sites for hydroxylation is 1. The summed E-state index contributed by atoms with van der Waals surface area (Å²) in [5, 5.41) is 8.52. The molecule has 0 unspecified atom stereocenters. The number of hydrogen-bond acceptors (Lipinski definition) is 4. The molecular formula is C17H16ClN3OS. The summed E-state index contributed by atoms with van der Waals surface area (Å²) in [7, 11) is 0. The van der Waals surface area contributed by atoms with E-state index in [1.165, 1.54) is 11.1 Å². The van der Waals surface area contributed by atoms with Gasteiger partial charge in [0.1, 0.15) is 12.4 Å². The number of H-pyrrole nitrogens is 1. The van der Waals surface area contributed by atoms with E-state index in [0.717, 1.165) is 16.7 Å². The molecule has 1 heterocycles. The second-order valence-corrected chi connectivity index (χ2v) is 6.46. The summed E-state index contributed by atoms with van der Waals surface area (Å²) in [6.07, 6.45) is 0. The van der Waals surface area contributed by atoms with E-state index >= 15 is 0 Å². The number of thioether (sulfide) groups is 1. The minimum atomic E-state index is 0.347. The molecule has 1 N–H and O–H groups in total. The molecular weight excluding hydrogens is 330 g/mol. The molecule has 0 saturated carbocycles. The first-order valence-corrected chi connectivity index (χ1v) is 8.53.